The van der Waals surface area contributed by atoms with Gasteiger partial charge in [0, 0.05) is 10.0 Å². The number of benzene rings is 1. The van der Waals surface area contributed by atoms with Crippen LogP contribution in [0.1, 0.15) is 31.7 Å². The fourth-order valence-electron chi connectivity index (χ4n) is 1.57. The average molecular weight is 331 g/mol. The van der Waals surface area contributed by atoms with E-state index in [-0.39, 0.29) is 6.04 Å². The summed E-state index contributed by atoms with van der Waals surface area (Å²) in [5.41, 5.74) is 6.76. The Hall–Kier alpha value is -0.910. The Labute approximate surface area is 119 Å². The summed E-state index contributed by atoms with van der Waals surface area (Å²) in [7, 11) is 0. The van der Waals surface area contributed by atoms with E-state index in [1.807, 2.05) is 12.1 Å². The summed E-state index contributed by atoms with van der Waals surface area (Å²) in [5.74, 6) is 0.992. The van der Waals surface area contributed by atoms with E-state index in [0.717, 1.165) is 22.9 Å². The summed E-state index contributed by atoms with van der Waals surface area (Å²) >= 11 is 9.30. The molecular formula is C12H13BrClN3O. The van der Waals surface area contributed by atoms with Crippen LogP contribution < -0.4 is 5.73 Å². The van der Waals surface area contributed by atoms with Crippen molar-refractivity contribution in [1.29, 1.82) is 0 Å². The molecule has 18 heavy (non-hydrogen) atoms. The number of halogens is 2. The molecule has 1 heterocycles. The van der Waals surface area contributed by atoms with E-state index in [1.54, 1.807) is 6.07 Å². The predicted octanol–water partition coefficient (Wildman–Crippen LogP) is 3.95. The lowest BCUT2D eigenvalue weighted by Crippen LogP contribution is -2.09. The van der Waals surface area contributed by atoms with Crippen LogP contribution >= 0.6 is 27.5 Å². The minimum absolute atomic E-state index is 0.202. The quantitative estimate of drug-likeness (QED) is 0.921. The van der Waals surface area contributed by atoms with Crippen LogP contribution in [0, 0.1) is 0 Å². The second-order valence-electron chi connectivity index (χ2n) is 3.98. The molecule has 1 atom stereocenters. The van der Waals surface area contributed by atoms with Crippen LogP contribution in [0.2, 0.25) is 5.02 Å². The van der Waals surface area contributed by atoms with E-state index in [1.165, 1.54) is 0 Å². The van der Waals surface area contributed by atoms with Crippen molar-refractivity contribution in [3.8, 4) is 11.4 Å². The van der Waals surface area contributed by atoms with Crippen LogP contribution in [-0.2, 0) is 0 Å². The lowest BCUT2D eigenvalue weighted by Gasteiger charge is -2.02. The number of nitrogens with two attached hydrogens (primary N) is 1. The molecule has 2 N–H and O–H groups in total. The third-order valence-electron chi connectivity index (χ3n) is 2.54. The third kappa shape index (κ3) is 2.91. The summed E-state index contributed by atoms with van der Waals surface area (Å²) in [6.07, 6.45) is 1.80. The number of hydrogen-bond acceptors (Lipinski definition) is 4. The monoisotopic (exact) mass is 329 g/mol. The van der Waals surface area contributed by atoms with Gasteiger partial charge in [-0.1, -0.05) is 30.1 Å². The van der Waals surface area contributed by atoms with Gasteiger partial charge in [0.2, 0.25) is 11.7 Å². The summed E-state index contributed by atoms with van der Waals surface area (Å²) in [5, 5.41) is 4.57. The highest BCUT2D eigenvalue weighted by Crippen LogP contribution is 2.28. The topological polar surface area (TPSA) is 64.9 Å². The van der Waals surface area contributed by atoms with Crippen LogP contribution in [0.3, 0.4) is 0 Å². The van der Waals surface area contributed by atoms with Gasteiger partial charge >= 0.3 is 0 Å². The van der Waals surface area contributed by atoms with Gasteiger partial charge in [0.05, 0.1) is 11.1 Å². The molecule has 1 aromatic heterocycles. The van der Waals surface area contributed by atoms with Crippen molar-refractivity contribution in [1.82, 2.24) is 10.1 Å². The molecule has 0 saturated carbocycles. The van der Waals surface area contributed by atoms with Crippen molar-refractivity contribution in [3.05, 3.63) is 33.6 Å². The maximum atomic E-state index is 5.93. The molecule has 0 aliphatic carbocycles. The molecule has 0 fully saturated rings. The SMILES string of the molecule is CCC[C@H](N)c1nc(-c2ccc(Cl)c(Br)c2)no1. The van der Waals surface area contributed by atoms with Gasteiger partial charge in [-0.15, -0.1) is 0 Å². The molecule has 0 aliphatic rings. The largest absolute Gasteiger partial charge is 0.337 e. The smallest absolute Gasteiger partial charge is 0.243 e. The minimum Gasteiger partial charge on any atom is -0.337 e. The average Bonchev–Trinajstić information content (AvgIpc) is 2.82. The van der Waals surface area contributed by atoms with E-state index in [9.17, 15) is 0 Å². The van der Waals surface area contributed by atoms with Crippen molar-refractivity contribution < 1.29 is 4.52 Å². The van der Waals surface area contributed by atoms with Gasteiger partial charge in [0.25, 0.3) is 0 Å². The van der Waals surface area contributed by atoms with Crippen molar-refractivity contribution in [2.75, 3.05) is 0 Å². The highest BCUT2D eigenvalue weighted by Gasteiger charge is 2.15. The zero-order valence-corrected chi connectivity index (χ0v) is 12.2. The number of rotatable bonds is 4. The molecule has 2 aromatic rings. The van der Waals surface area contributed by atoms with Crippen molar-refractivity contribution in [2.24, 2.45) is 5.73 Å². The Morgan fingerprint density at radius 2 is 2.28 bits per heavy atom. The zero-order chi connectivity index (χ0) is 13.1. The predicted molar refractivity (Wildman–Crippen MR) is 74.3 cm³/mol. The molecule has 0 amide bonds. The second-order valence-corrected chi connectivity index (χ2v) is 5.24. The van der Waals surface area contributed by atoms with Gasteiger partial charge in [0.1, 0.15) is 0 Å². The molecule has 96 valence electrons. The zero-order valence-electron chi connectivity index (χ0n) is 9.86. The van der Waals surface area contributed by atoms with E-state index in [2.05, 4.69) is 33.0 Å². The Kier molecular flexibility index (Phi) is 4.37. The maximum Gasteiger partial charge on any atom is 0.243 e. The number of aromatic nitrogens is 2. The number of nitrogens with zero attached hydrogens (tertiary/aromatic N) is 2. The molecule has 0 spiro atoms. The highest BCUT2D eigenvalue weighted by molar-refractivity contribution is 9.10. The van der Waals surface area contributed by atoms with Crippen molar-refractivity contribution in [2.45, 2.75) is 25.8 Å². The highest BCUT2D eigenvalue weighted by atomic mass is 79.9. The molecule has 0 radical (unpaired) electrons. The number of hydrogen-bond donors (Lipinski definition) is 1. The fourth-order valence-corrected chi connectivity index (χ4v) is 2.07. The standard InChI is InChI=1S/C12H13BrClN3O/c1-2-3-10(15)12-16-11(17-18-12)7-4-5-9(14)8(13)6-7/h4-6,10H,2-3,15H2,1H3/t10-/m0/s1. The Balaban J connectivity index is 2.26. The van der Waals surface area contributed by atoms with Crippen molar-refractivity contribution >= 4 is 27.5 Å². The van der Waals surface area contributed by atoms with Crippen LogP contribution in [0.25, 0.3) is 11.4 Å². The molecule has 0 unspecified atom stereocenters. The van der Waals surface area contributed by atoms with E-state index in [4.69, 9.17) is 21.9 Å². The molecule has 4 nitrogen and oxygen atoms in total. The van der Waals surface area contributed by atoms with Crippen LogP contribution in [0.4, 0.5) is 0 Å². The van der Waals surface area contributed by atoms with E-state index < -0.39 is 0 Å². The Bertz CT molecular complexity index is 544. The van der Waals surface area contributed by atoms with Gasteiger partial charge in [-0.25, -0.2) is 0 Å². The second kappa shape index (κ2) is 5.82. The minimum atomic E-state index is -0.202. The van der Waals surface area contributed by atoms with Crippen LogP contribution in [-0.4, -0.2) is 10.1 Å². The first kappa shape index (κ1) is 13.5. The van der Waals surface area contributed by atoms with Gasteiger partial charge in [-0.3, -0.25) is 0 Å². The van der Waals surface area contributed by atoms with Gasteiger partial charge in [-0.05, 0) is 40.5 Å². The Morgan fingerprint density at radius 3 is 2.94 bits per heavy atom. The molecule has 6 heteroatoms. The molecule has 0 aliphatic heterocycles. The molecule has 1 aromatic carbocycles. The first-order valence-corrected chi connectivity index (χ1v) is 6.83. The summed E-state index contributed by atoms with van der Waals surface area (Å²) in [4.78, 5) is 4.30. The van der Waals surface area contributed by atoms with Gasteiger partial charge in [-0.2, -0.15) is 4.98 Å². The molecule has 0 bridgehead atoms. The maximum absolute atomic E-state index is 5.93. The van der Waals surface area contributed by atoms with Crippen LogP contribution in [0.15, 0.2) is 27.2 Å². The molecule has 2 rings (SSSR count). The van der Waals surface area contributed by atoms with E-state index >= 15 is 0 Å². The fraction of sp³-hybridized carbons (Fsp3) is 0.333. The lowest BCUT2D eigenvalue weighted by atomic mass is 10.2. The Morgan fingerprint density at radius 1 is 1.50 bits per heavy atom. The molecular weight excluding hydrogens is 318 g/mol. The van der Waals surface area contributed by atoms with Gasteiger partial charge < -0.3 is 10.3 Å². The molecule has 0 saturated heterocycles. The first-order chi connectivity index (χ1) is 8.61. The van der Waals surface area contributed by atoms with Gasteiger partial charge in [0.15, 0.2) is 0 Å². The first-order valence-electron chi connectivity index (χ1n) is 5.66. The van der Waals surface area contributed by atoms with Crippen LogP contribution in [0.5, 0.6) is 0 Å². The summed E-state index contributed by atoms with van der Waals surface area (Å²) in [6, 6.07) is 5.27. The normalized spacial score (nSPS) is 12.7. The summed E-state index contributed by atoms with van der Waals surface area (Å²) in [6.45, 7) is 2.06. The third-order valence-corrected chi connectivity index (χ3v) is 3.75. The lowest BCUT2D eigenvalue weighted by molar-refractivity contribution is 0.348. The van der Waals surface area contributed by atoms with Crippen molar-refractivity contribution in [3.63, 3.8) is 0 Å². The van der Waals surface area contributed by atoms with E-state index in [0.29, 0.717) is 16.7 Å². The summed E-state index contributed by atoms with van der Waals surface area (Å²) < 4.78 is 5.97.